The molecule has 0 aliphatic heterocycles. The zero-order valence-corrected chi connectivity index (χ0v) is 8.62. The maximum Gasteiger partial charge on any atom is 0.243 e. The van der Waals surface area contributed by atoms with Gasteiger partial charge in [0.2, 0.25) is 5.91 Å². The third-order valence-corrected chi connectivity index (χ3v) is 3.50. The maximum atomic E-state index is 12.1. The molecule has 3 nitrogen and oxygen atoms in total. The molecule has 0 aromatic carbocycles. The first-order valence-corrected chi connectivity index (χ1v) is 5.38. The van der Waals surface area contributed by atoms with Gasteiger partial charge >= 0.3 is 0 Å². The van der Waals surface area contributed by atoms with Gasteiger partial charge in [-0.3, -0.25) is 4.79 Å². The van der Waals surface area contributed by atoms with Crippen LogP contribution in [0.25, 0.3) is 0 Å². The number of nitriles is 1. The molecule has 2 aliphatic rings. The summed E-state index contributed by atoms with van der Waals surface area (Å²) in [7, 11) is 1.84. The van der Waals surface area contributed by atoms with E-state index in [0.29, 0.717) is 6.04 Å². The molecule has 14 heavy (non-hydrogen) atoms. The Bertz CT molecular complexity index is 282. The Morgan fingerprint density at radius 1 is 1.43 bits per heavy atom. The van der Waals surface area contributed by atoms with Crippen molar-refractivity contribution in [2.75, 3.05) is 7.05 Å². The quantitative estimate of drug-likeness (QED) is 0.668. The number of carbonyl (C=O) groups excluding carboxylic acids is 1. The standard InChI is InChI=1S/C11H16N2O/c1-13(9-4-5-9)10(14)11(8-12)6-2-3-7-11/h9H,2-7H2,1H3. The normalized spacial score (nSPS) is 24.3. The Labute approximate surface area is 84.7 Å². The van der Waals surface area contributed by atoms with Gasteiger partial charge in [0.25, 0.3) is 0 Å². The molecule has 0 spiro atoms. The lowest BCUT2D eigenvalue weighted by molar-refractivity contribution is -0.137. The summed E-state index contributed by atoms with van der Waals surface area (Å²) >= 11 is 0. The highest BCUT2D eigenvalue weighted by atomic mass is 16.2. The van der Waals surface area contributed by atoms with Crippen LogP contribution in [0.1, 0.15) is 38.5 Å². The van der Waals surface area contributed by atoms with Crippen molar-refractivity contribution >= 4 is 5.91 Å². The summed E-state index contributed by atoms with van der Waals surface area (Å²) in [6, 6.07) is 2.67. The van der Waals surface area contributed by atoms with E-state index < -0.39 is 5.41 Å². The Morgan fingerprint density at radius 3 is 2.43 bits per heavy atom. The molecule has 76 valence electrons. The molecule has 0 unspecified atom stereocenters. The second-order valence-corrected chi connectivity index (χ2v) is 4.55. The van der Waals surface area contributed by atoms with Crippen molar-refractivity contribution < 1.29 is 4.79 Å². The summed E-state index contributed by atoms with van der Waals surface area (Å²) in [6.45, 7) is 0. The Morgan fingerprint density at radius 2 is 2.00 bits per heavy atom. The highest BCUT2D eigenvalue weighted by molar-refractivity contribution is 5.86. The molecule has 0 radical (unpaired) electrons. The minimum absolute atomic E-state index is 0.0694. The molecule has 0 atom stereocenters. The van der Waals surface area contributed by atoms with Crippen LogP contribution in [-0.2, 0) is 4.79 Å². The van der Waals surface area contributed by atoms with Gasteiger partial charge in [-0.05, 0) is 25.7 Å². The minimum atomic E-state index is -0.669. The van der Waals surface area contributed by atoms with E-state index in [0.717, 1.165) is 38.5 Å². The van der Waals surface area contributed by atoms with Crippen LogP contribution < -0.4 is 0 Å². The zero-order chi connectivity index (χ0) is 10.2. The second kappa shape index (κ2) is 3.27. The number of nitrogens with zero attached hydrogens (tertiary/aromatic N) is 2. The van der Waals surface area contributed by atoms with Gasteiger partial charge in [0, 0.05) is 13.1 Å². The van der Waals surface area contributed by atoms with Crippen LogP contribution >= 0.6 is 0 Å². The van der Waals surface area contributed by atoms with E-state index >= 15 is 0 Å². The SMILES string of the molecule is CN(C(=O)C1(C#N)CCCC1)C1CC1. The van der Waals surface area contributed by atoms with Crippen LogP contribution in [-0.4, -0.2) is 23.9 Å². The molecule has 2 rings (SSSR count). The summed E-state index contributed by atoms with van der Waals surface area (Å²) in [5, 5.41) is 9.14. The lowest BCUT2D eigenvalue weighted by atomic mass is 9.86. The van der Waals surface area contributed by atoms with Crippen LogP contribution in [0.5, 0.6) is 0 Å². The van der Waals surface area contributed by atoms with E-state index in [2.05, 4.69) is 6.07 Å². The third kappa shape index (κ3) is 1.39. The van der Waals surface area contributed by atoms with Gasteiger partial charge in [-0.1, -0.05) is 12.8 Å². The molecule has 3 heteroatoms. The van der Waals surface area contributed by atoms with E-state index in [1.54, 1.807) is 4.90 Å². The van der Waals surface area contributed by atoms with Gasteiger partial charge in [0.15, 0.2) is 0 Å². The maximum absolute atomic E-state index is 12.1. The summed E-state index contributed by atoms with van der Waals surface area (Å²) in [4.78, 5) is 13.9. The fourth-order valence-electron chi connectivity index (χ4n) is 2.32. The average molecular weight is 192 g/mol. The molecule has 0 aromatic heterocycles. The first-order valence-electron chi connectivity index (χ1n) is 5.38. The van der Waals surface area contributed by atoms with E-state index in [9.17, 15) is 4.79 Å². The first-order chi connectivity index (χ1) is 6.69. The van der Waals surface area contributed by atoms with Gasteiger partial charge in [-0.15, -0.1) is 0 Å². The van der Waals surface area contributed by atoms with E-state index in [1.807, 2.05) is 7.05 Å². The van der Waals surface area contributed by atoms with Crippen LogP contribution in [0.15, 0.2) is 0 Å². The van der Waals surface area contributed by atoms with Crippen molar-refractivity contribution in [2.24, 2.45) is 5.41 Å². The zero-order valence-electron chi connectivity index (χ0n) is 8.62. The highest BCUT2D eigenvalue weighted by Gasteiger charge is 2.45. The number of hydrogen-bond donors (Lipinski definition) is 0. The van der Waals surface area contributed by atoms with Gasteiger partial charge in [0.1, 0.15) is 5.41 Å². The van der Waals surface area contributed by atoms with Crippen molar-refractivity contribution in [1.82, 2.24) is 4.90 Å². The van der Waals surface area contributed by atoms with E-state index in [-0.39, 0.29) is 5.91 Å². The van der Waals surface area contributed by atoms with Gasteiger partial charge in [-0.25, -0.2) is 0 Å². The summed E-state index contributed by atoms with van der Waals surface area (Å²) in [5.74, 6) is 0.0694. The van der Waals surface area contributed by atoms with Crippen molar-refractivity contribution in [2.45, 2.75) is 44.6 Å². The number of rotatable bonds is 2. The van der Waals surface area contributed by atoms with E-state index in [1.165, 1.54) is 0 Å². The molecule has 2 aliphatic carbocycles. The molecular formula is C11H16N2O. The molecule has 0 saturated heterocycles. The fourth-order valence-corrected chi connectivity index (χ4v) is 2.32. The third-order valence-electron chi connectivity index (χ3n) is 3.50. The molecule has 2 fully saturated rings. The molecule has 0 heterocycles. The molecular weight excluding hydrogens is 176 g/mol. The lowest BCUT2D eigenvalue weighted by Gasteiger charge is -2.26. The smallest absolute Gasteiger partial charge is 0.243 e. The molecule has 1 amide bonds. The van der Waals surface area contributed by atoms with Crippen LogP contribution in [0, 0.1) is 16.7 Å². The number of amides is 1. The summed E-state index contributed by atoms with van der Waals surface area (Å²) in [6.07, 6.45) is 5.81. The van der Waals surface area contributed by atoms with Crippen LogP contribution in [0.2, 0.25) is 0 Å². The molecule has 0 aromatic rings. The number of hydrogen-bond acceptors (Lipinski definition) is 2. The van der Waals surface area contributed by atoms with Crippen LogP contribution in [0.4, 0.5) is 0 Å². The fraction of sp³-hybridized carbons (Fsp3) is 0.818. The average Bonchev–Trinajstić information content (AvgIpc) is 2.94. The topological polar surface area (TPSA) is 44.1 Å². The Kier molecular flexibility index (Phi) is 2.22. The second-order valence-electron chi connectivity index (χ2n) is 4.55. The van der Waals surface area contributed by atoms with Gasteiger partial charge in [0.05, 0.1) is 6.07 Å². The summed E-state index contributed by atoms with van der Waals surface area (Å²) < 4.78 is 0. The predicted octanol–water partition coefficient (Wildman–Crippen LogP) is 1.69. The number of carbonyl (C=O) groups is 1. The minimum Gasteiger partial charge on any atom is -0.341 e. The van der Waals surface area contributed by atoms with Gasteiger partial charge in [-0.2, -0.15) is 5.26 Å². The van der Waals surface area contributed by atoms with Crippen molar-refractivity contribution in [3.63, 3.8) is 0 Å². The monoisotopic (exact) mass is 192 g/mol. The Balaban J connectivity index is 2.11. The van der Waals surface area contributed by atoms with Crippen molar-refractivity contribution in [3.05, 3.63) is 0 Å². The largest absolute Gasteiger partial charge is 0.341 e. The summed E-state index contributed by atoms with van der Waals surface area (Å²) in [5.41, 5.74) is -0.669. The van der Waals surface area contributed by atoms with Crippen LogP contribution in [0.3, 0.4) is 0 Å². The lowest BCUT2D eigenvalue weighted by Crippen LogP contribution is -2.40. The van der Waals surface area contributed by atoms with Crippen molar-refractivity contribution in [3.8, 4) is 6.07 Å². The van der Waals surface area contributed by atoms with Crippen molar-refractivity contribution in [1.29, 1.82) is 5.26 Å². The highest BCUT2D eigenvalue weighted by Crippen LogP contribution is 2.40. The predicted molar refractivity (Wildman–Crippen MR) is 52.3 cm³/mol. The Hall–Kier alpha value is -1.04. The van der Waals surface area contributed by atoms with E-state index in [4.69, 9.17) is 5.26 Å². The molecule has 0 bridgehead atoms. The van der Waals surface area contributed by atoms with Gasteiger partial charge < -0.3 is 4.90 Å². The molecule has 0 N–H and O–H groups in total. The first kappa shape index (κ1) is 9.51. The molecule has 2 saturated carbocycles.